The molecule has 1 heterocycles. The van der Waals surface area contributed by atoms with Gasteiger partial charge in [0.2, 0.25) is 0 Å². The number of ether oxygens (including phenoxy) is 1. The second-order valence-electron chi connectivity index (χ2n) is 5.00. The molecule has 0 saturated heterocycles. The number of carbonyl (C=O) groups is 1. The fourth-order valence-corrected chi connectivity index (χ4v) is 1.70. The first-order valence-corrected chi connectivity index (χ1v) is 6.85. The molecule has 6 nitrogen and oxygen atoms in total. The fourth-order valence-electron chi connectivity index (χ4n) is 1.70. The third kappa shape index (κ3) is 4.79. The highest BCUT2D eigenvalue weighted by Gasteiger charge is 2.13. The Bertz CT molecular complexity index is 449. The molecule has 0 spiro atoms. The van der Waals surface area contributed by atoms with Crippen LogP contribution in [-0.2, 0) is 4.74 Å². The molecule has 4 N–H and O–H groups in total. The molecular weight excluding hydrogens is 256 g/mol. The zero-order valence-electron chi connectivity index (χ0n) is 12.6. The maximum absolute atomic E-state index is 12.2. The third-order valence-electron chi connectivity index (χ3n) is 2.80. The lowest BCUT2D eigenvalue weighted by Gasteiger charge is -2.15. The molecule has 1 aromatic heterocycles. The predicted octanol–water partition coefficient (Wildman–Crippen LogP) is 1.65. The Labute approximate surface area is 120 Å². The summed E-state index contributed by atoms with van der Waals surface area (Å²) in [5, 5.41) is 2.89. The summed E-state index contributed by atoms with van der Waals surface area (Å²) in [6.07, 6.45) is 0. The second kappa shape index (κ2) is 7.81. The van der Waals surface area contributed by atoms with Crippen molar-refractivity contribution in [3.8, 4) is 0 Å². The van der Waals surface area contributed by atoms with Crippen molar-refractivity contribution in [2.24, 2.45) is 5.84 Å². The van der Waals surface area contributed by atoms with Crippen molar-refractivity contribution in [3.63, 3.8) is 0 Å². The van der Waals surface area contributed by atoms with E-state index in [1.54, 1.807) is 12.1 Å². The van der Waals surface area contributed by atoms with Gasteiger partial charge < -0.3 is 15.5 Å². The number of carbonyl (C=O) groups excluding carboxylic acids is 1. The molecule has 0 bridgehead atoms. The van der Waals surface area contributed by atoms with Crippen molar-refractivity contribution in [2.45, 2.75) is 39.7 Å². The normalized spacial score (nSPS) is 12.3. The zero-order valence-corrected chi connectivity index (χ0v) is 12.6. The molecule has 1 atom stereocenters. The minimum absolute atomic E-state index is 0.0487. The molecule has 112 valence electrons. The summed E-state index contributed by atoms with van der Waals surface area (Å²) in [4.78, 5) is 16.5. The lowest BCUT2D eigenvalue weighted by atomic mass is 10.1. The van der Waals surface area contributed by atoms with Crippen molar-refractivity contribution in [3.05, 3.63) is 23.4 Å². The first-order valence-electron chi connectivity index (χ1n) is 6.85. The first-order chi connectivity index (χ1) is 9.47. The molecule has 20 heavy (non-hydrogen) atoms. The molecule has 0 aliphatic heterocycles. The molecule has 1 amide bonds. The molecule has 6 heteroatoms. The van der Waals surface area contributed by atoms with Crippen LogP contribution in [0.2, 0.25) is 0 Å². The van der Waals surface area contributed by atoms with Crippen LogP contribution in [0.3, 0.4) is 0 Å². The van der Waals surface area contributed by atoms with Crippen LogP contribution < -0.4 is 16.6 Å². The number of nitrogens with zero attached hydrogens (tertiary/aromatic N) is 1. The van der Waals surface area contributed by atoms with Gasteiger partial charge in [0, 0.05) is 23.9 Å². The van der Waals surface area contributed by atoms with Crippen LogP contribution >= 0.6 is 0 Å². The van der Waals surface area contributed by atoms with Gasteiger partial charge in [0.15, 0.2) is 0 Å². The number of anilines is 1. The van der Waals surface area contributed by atoms with E-state index < -0.39 is 0 Å². The number of pyridine rings is 1. The number of amides is 1. The maximum atomic E-state index is 12.2. The van der Waals surface area contributed by atoms with Crippen LogP contribution in [0.5, 0.6) is 0 Å². The standard InChI is InChI=1S/C14H24N4O2/c1-5-20-8-10(4)16-14(19)11-6-12(9(2)3)17-13(7-11)18-15/h6-7,9-10H,5,8,15H2,1-4H3,(H,16,19)(H,17,18). The number of nitrogen functional groups attached to an aromatic ring is 1. The van der Waals surface area contributed by atoms with Crippen molar-refractivity contribution in [2.75, 3.05) is 18.6 Å². The van der Waals surface area contributed by atoms with E-state index in [1.807, 2.05) is 27.7 Å². The highest BCUT2D eigenvalue weighted by atomic mass is 16.5. The van der Waals surface area contributed by atoms with Gasteiger partial charge in [0.25, 0.3) is 5.91 Å². The summed E-state index contributed by atoms with van der Waals surface area (Å²) in [6.45, 7) is 8.98. The van der Waals surface area contributed by atoms with Crippen LogP contribution in [0.15, 0.2) is 12.1 Å². The molecule has 1 rings (SSSR count). The van der Waals surface area contributed by atoms with Crippen molar-refractivity contribution < 1.29 is 9.53 Å². The molecule has 0 saturated carbocycles. The summed E-state index contributed by atoms with van der Waals surface area (Å²) in [6, 6.07) is 3.37. The Kier molecular flexibility index (Phi) is 6.41. The van der Waals surface area contributed by atoms with Crippen LogP contribution in [0.4, 0.5) is 5.82 Å². The lowest BCUT2D eigenvalue weighted by molar-refractivity contribution is 0.0872. The molecule has 0 aromatic carbocycles. The van der Waals surface area contributed by atoms with E-state index in [4.69, 9.17) is 10.6 Å². The number of hydrazine groups is 1. The molecule has 0 aliphatic rings. The Morgan fingerprint density at radius 1 is 1.40 bits per heavy atom. The van der Waals surface area contributed by atoms with Crippen LogP contribution in [0, 0.1) is 0 Å². The predicted molar refractivity (Wildman–Crippen MR) is 79.6 cm³/mol. The van der Waals surface area contributed by atoms with E-state index in [-0.39, 0.29) is 17.9 Å². The molecule has 0 fully saturated rings. The van der Waals surface area contributed by atoms with Crippen LogP contribution in [-0.4, -0.2) is 30.1 Å². The molecule has 0 radical (unpaired) electrons. The maximum Gasteiger partial charge on any atom is 0.251 e. The number of rotatable bonds is 7. The molecule has 1 aromatic rings. The first kappa shape index (κ1) is 16.4. The summed E-state index contributed by atoms with van der Waals surface area (Å²) in [7, 11) is 0. The van der Waals surface area contributed by atoms with Gasteiger partial charge in [-0.3, -0.25) is 4.79 Å². The van der Waals surface area contributed by atoms with Crippen LogP contribution in [0.25, 0.3) is 0 Å². The van der Waals surface area contributed by atoms with E-state index >= 15 is 0 Å². The lowest BCUT2D eigenvalue weighted by Crippen LogP contribution is -2.36. The quantitative estimate of drug-likeness (QED) is 0.522. The van der Waals surface area contributed by atoms with E-state index in [1.165, 1.54) is 0 Å². The Hall–Kier alpha value is -1.66. The van der Waals surface area contributed by atoms with Gasteiger partial charge in [-0.25, -0.2) is 10.8 Å². The SMILES string of the molecule is CCOCC(C)NC(=O)c1cc(NN)nc(C(C)C)c1. The second-order valence-corrected chi connectivity index (χ2v) is 5.00. The van der Waals surface area contributed by atoms with E-state index in [0.29, 0.717) is 24.6 Å². The topological polar surface area (TPSA) is 89.3 Å². The van der Waals surface area contributed by atoms with Crippen molar-refractivity contribution >= 4 is 11.7 Å². The van der Waals surface area contributed by atoms with Gasteiger partial charge in [-0.1, -0.05) is 13.8 Å². The highest BCUT2D eigenvalue weighted by Crippen LogP contribution is 2.17. The van der Waals surface area contributed by atoms with Crippen molar-refractivity contribution in [1.29, 1.82) is 0 Å². The largest absolute Gasteiger partial charge is 0.380 e. The summed E-state index contributed by atoms with van der Waals surface area (Å²) >= 11 is 0. The Morgan fingerprint density at radius 3 is 2.65 bits per heavy atom. The minimum Gasteiger partial charge on any atom is -0.380 e. The van der Waals surface area contributed by atoms with Gasteiger partial charge >= 0.3 is 0 Å². The summed E-state index contributed by atoms with van der Waals surface area (Å²) < 4.78 is 5.28. The van der Waals surface area contributed by atoms with E-state index in [0.717, 1.165) is 5.69 Å². The summed E-state index contributed by atoms with van der Waals surface area (Å²) in [5.41, 5.74) is 3.85. The monoisotopic (exact) mass is 280 g/mol. The average molecular weight is 280 g/mol. The number of nitrogens with one attached hydrogen (secondary N) is 2. The third-order valence-corrected chi connectivity index (χ3v) is 2.80. The fraction of sp³-hybridized carbons (Fsp3) is 0.571. The molecule has 0 aliphatic carbocycles. The highest BCUT2D eigenvalue weighted by molar-refractivity contribution is 5.95. The van der Waals surface area contributed by atoms with Gasteiger partial charge in [-0.15, -0.1) is 0 Å². The van der Waals surface area contributed by atoms with Crippen LogP contribution in [0.1, 0.15) is 49.7 Å². The van der Waals surface area contributed by atoms with E-state index in [9.17, 15) is 4.79 Å². The number of hydrogen-bond donors (Lipinski definition) is 3. The van der Waals surface area contributed by atoms with Crippen molar-refractivity contribution in [1.82, 2.24) is 10.3 Å². The van der Waals surface area contributed by atoms with Gasteiger partial charge in [-0.05, 0) is 31.9 Å². The van der Waals surface area contributed by atoms with Gasteiger partial charge in [-0.2, -0.15) is 0 Å². The number of aromatic nitrogens is 1. The Balaban J connectivity index is 2.83. The number of hydrogen-bond acceptors (Lipinski definition) is 5. The Morgan fingerprint density at radius 2 is 2.10 bits per heavy atom. The van der Waals surface area contributed by atoms with E-state index in [2.05, 4.69) is 15.7 Å². The minimum atomic E-state index is -0.155. The van der Waals surface area contributed by atoms with Gasteiger partial charge in [0.05, 0.1) is 6.61 Å². The molecule has 1 unspecified atom stereocenters. The average Bonchev–Trinajstić information content (AvgIpc) is 2.44. The zero-order chi connectivity index (χ0) is 15.1. The number of nitrogens with two attached hydrogens (primary N) is 1. The smallest absolute Gasteiger partial charge is 0.251 e. The molecular formula is C14H24N4O2. The summed E-state index contributed by atoms with van der Waals surface area (Å²) in [5.74, 6) is 5.94. The van der Waals surface area contributed by atoms with Gasteiger partial charge in [0.1, 0.15) is 5.82 Å².